The van der Waals surface area contributed by atoms with Crippen molar-refractivity contribution in [3.63, 3.8) is 0 Å². The number of benzene rings is 1. The molecule has 5 nitrogen and oxygen atoms in total. The summed E-state index contributed by atoms with van der Waals surface area (Å²) in [7, 11) is 0. The van der Waals surface area contributed by atoms with E-state index >= 15 is 0 Å². The van der Waals surface area contributed by atoms with Crippen molar-refractivity contribution in [2.45, 2.75) is 38.8 Å². The van der Waals surface area contributed by atoms with E-state index in [1.165, 1.54) is 0 Å². The number of carbonyl (C=O) groups excluding carboxylic acids is 1. The fourth-order valence-corrected chi connectivity index (χ4v) is 3.30. The number of amides is 1. The predicted molar refractivity (Wildman–Crippen MR) is 90.5 cm³/mol. The minimum absolute atomic E-state index is 0.219. The number of para-hydroxylation sites is 1. The van der Waals surface area contributed by atoms with Crippen LogP contribution in [0.5, 0.6) is 5.75 Å². The Kier molecular flexibility index (Phi) is 4.32. The van der Waals surface area contributed by atoms with Crippen molar-refractivity contribution in [2.75, 3.05) is 31.1 Å². The molecule has 0 bridgehead atoms. The summed E-state index contributed by atoms with van der Waals surface area (Å²) in [6.45, 7) is 8.29. The second kappa shape index (κ2) is 6.11. The molecule has 23 heavy (non-hydrogen) atoms. The Labute approximate surface area is 142 Å². The highest BCUT2D eigenvalue weighted by atomic mass is 35.5. The smallest absolute Gasteiger partial charge is 0.410 e. The molecule has 0 unspecified atom stereocenters. The van der Waals surface area contributed by atoms with Crippen LogP contribution in [0.25, 0.3) is 0 Å². The van der Waals surface area contributed by atoms with Gasteiger partial charge in [0, 0.05) is 26.1 Å². The van der Waals surface area contributed by atoms with Crippen molar-refractivity contribution in [3.05, 3.63) is 23.2 Å². The first-order valence-electron chi connectivity index (χ1n) is 8.01. The molecule has 0 N–H and O–H groups in total. The average molecular weight is 339 g/mol. The van der Waals surface area contributed by atoms with E-state index in [2.05, 4.69) is 4.90 Å². The zero-order valence-corrected chi connectivity index (χ0v) is 14.6. The van der Waals surface area contributed by atoms with E-state index < -0.39 is 5.60 Å². The number of hydrogen-bond donors (Lipinski definition) is 0. The molecule has 1 amide bonds. The summed E-state index contributed by atoms with van der Waals surface area (Å²) in [6.07, 6.45) is 0.609. The van der Waals surface area contributed by atoms with Gasteiger partial charge in [-0.1, -0.05) is 17.7 Å². The molecule has 1 aromatic rings. The number of halogens is 1. The fourth-order valence-electron chi connectivity index (χ4n) is 3.08. The van der Waals surface area contributed by atoms with Crippen molar-refractivity contribution in [1.82, 2.24) is 4.90 Å². The summed E-state index contributed by atoms with van der Waals surface area (Å²) in [4.78, 5) is 16.4. The third-order valence-electron chi connectivity index (χ3n) is 4.09. The van der Waals surface area contributed by atoms with Gasteiger partial charge in [0.2, 0.25) is 0 Å². The van der Waals surface area contributed by atoms with Crippen LogP contribution < -0.4 is 9.64 Å². The minimum Gasteiger partial charge on any atom is -0.490 e. The number of ether oxygens (including phenoxy) is 2. The number of piperazine rings is 1. The molecule has 0 spiro atoms. The first-order chi connectivity index (χ1) is 10.8. The predicted octanol–water partition coefficient (Wildman–Crippen LogP) is 3.55. The zero-order valence-electron chi connectivity index (χ0n) is 13.8. The van der Waals surface area contributed by atoms with Crippen LogP contribution in [0.4, 0.5) is 10.5 Å². The Morgan fingerprint density at radius 2 is 2.13 bits per heavy atom. The van der Waals surface area contributed by atoms with Crippen molar-refractivity contribution in [2.24, 2.45) is 0 Å². The highest BCUT2D eigenvalue weighted by Gasteiger charge is 2.34. The molecule has 1 saturated heterocycles. The minimum atomic E-state index is -0.471. The highest BCUT2D eigenvalue weighted by molar-refractivity contribution is 6.32. The monoisotopic (exact) mass is 338 g/mol. The van der Waals surface area contributed by atoms with E-state index in [4.69, 9.17) is 21.1 Å². The van der Waals surface area contributed by atoms with Gasteiger partial charge in [0.1, 0.15) is 5.60 Å². The first kappa shape index (κ1) is 16.2. The fraction of sp³-hybridized carbons (Fsp3) is 0.588. The first-order valence-corrected chi connectivity index (χ1v) is 8.39. The largest absolute Gasteiger partial charge is 0.490 e. The number of rotatable bonds is 0. The van der Waals surface area contributed by atoms with Gasteiger partial charge in [-0.3, -0.25) is 0 Å². The summed E-state index contributed by atoms with van der Waals surface area (Å²) in [5, 5.41) is 0.637. The quantitative estimate of drug-likeness (QED) is 0.725. The molecular weight excluding hydrogens is 316 g/mol. The zero-order chi connectivity index (χ0) is 16.6. The average Bonchev–Trinajstić information content (AvgIpc) is 2.65. The lowest BCUT2D eigenvalue weighted by Gasteiger charge is -2.42. The summed E-state index contributed by atoms with van der Waals surface area (Å²) < 4.78 is 11.3. The number of hydrogen-bond acceptors (Lipinski definition) is 4. The van der Waals surface area contributed by atoms with E-state index in [1.807, 2.05) is 39.0 Å². The maximum absolute atomic E-state index is 12.3. The van der Waals surface area contributed by atoms with Crippen LogP contribution in [0.3, 0.4) is 0 Å². The number of carbonyl (C=O) groups is 1. The normalized spacial score (nSPS) is 21.0. The molecule has 2 aliphatic rings. The SMILES string of the molecule is CC(C)(C)OC(=O)N1CCN2c3cccc(Cl)c3OCC[C@H]2C1. The molecule has 1 atom stereocenters. The molecule has 126 valence electrons. The van der Waals surface area contributed by atoms with Crippen LogP contribution in [0.1, 0.15) is 27.2 Å². The Balaban J connectivity index is 1.77. The van der Waals surface area contributed by atoms with Crippen molar-refractivity contribution in [3.8, 4) is 5.75 Å². The maximum Gasteiger partial charge on any atom is 0.410 e. The summed E-state index contributed by atoms with van der Waals surface area (Å²) in [6, 6.07) is 6.03. The molecule has 1 aromatic carbocycles. The van der Waals surface area contributed by atoms with Gasteiger partial charge < -0.3 is 19.3 Å². The highest BCUT2D eigenvalue weighted by Crippen LogP contribution is 2.39. The van der Waals surface area contributed by atoms with E-state index in [-0.39, 0.29) is 12.1 Å². The second-order valence-electron chi connectivity index (χ2n) is 7.00. The van der Waals surface area contributed by atoms with Gasteiger partial charge in [-0.2, -0.15) is 0 Å². The van der Waals surface area contributed by atoms with Gasteiger partial charge in [0.15, 0.2) is 5.75 Å². The Morgan fingerprint density at radius 3 is 2.87 bits per heavy atom. The van der Waals surface area contributed by atoms with Gasteiger partial charge in [0.25, 0.3) is 0 Å². The molecule has 2 aliphatic heterocycles. The lowest BCUT2D eigenvalue weighted by molar-refractivity contribution is 0.0211. The molecule has 0 aliphatic carbocycles. The van der Waals surface area contributed by atoms with Gasteiger partial charge >= 0.3 is 6.09 Å². The van der Waals surface area contributed by atoms with Crippen LogP contribution in [0.15, 0.2) is 18.2 Å². The third kappa shape index (κ3) is 3.50. The molecule has 2 heterocycles. The number of anilines is 1. The van der Waals surface area contributed by atoms with Crippen LogP contribution in [0, 0.1) is 0 Å². The van der Waals surface area contributed by atoms with Crippen LogP contribution in [0.2, 0.25) is 5.02 Å². The van der Waals surface area contributed by atoms with Gasteiger partial charge in [0.05, 0.1) is 23.4 Å². The van der Waals surface area contributed by atoms with E-state index in [1.54, 1.807) is 4.90 Å². The van der Waals surface area contributed by atoms with Crippen LogP contribution in [-0.4, -0.2) is 48.9 Å². The standard InChI is InChI=1S/C17H23ClN2O3/c1-17(2,3)23-16(21)19-8-9-20-12(11-19)7-10-22-15-13(18)5-4-6-14(15)20/h4-6,12H,7-11H2,1-3H3/t12-/m0/s1. The molecule has 6 heteroatoms. The summed E-state index contributed by atoms with van der Waals surface area (Å²) in [5.41, 5.74) is 0.546. The third-order valence-corrected chi connectivity index (χ3v) is 4.39. The van der Waals surface area contributed by atoms with E-state index in [0.29, 0.717) is 24.7 Å². The molecule has 3 rings (SSSR count). The molecule has 0 saturated carbocycles. The molecular formula is C17H23ClN2O3. The van der Waals surface area contributed by atoms with Crippen molar-refractivity contribution in [1.29, 1.82) is 0 Å². The summed E-state index contributed by atoms with van der Waals surface area (Å²) in [5.74, 6) is 0.752. The lowest BCUT2D eigenvalue weighted by Crippen LogP contribution is -2.55. The Hall–Kier alpha value is -1.62. The lowest BCUT2D eigenvalue weighted by atomic mass is 10.1. The molecule has 1 fully saturated rings. The maximum atomic E-state index is 12.3. The summed E-state index contributed by atoms with van der Waals surface area (Å²) >= 11 is 6.26. The topological polar surface area (TPSA) is 42.0 Å². The number of fused-ring (bicyclic) bond motifs is 3. The number of nitrogens with zero attached hydrogens (tertiary/aromatic N) is 2. The van der Waals surface area contributed by atoms with Crippen molar-refractivity contribution < 1.29 is 14.3 Å². The van der Waals surface area contributed by atoms with Crippen molar-refractivity contribution >= 4 is 23.4 Å². The van der Waals surface area contributed by atoms with Gasteiger partial charge in [-0.25, -0.2) is 4.79 Å². The van der Waals surface area contributed by atoms with E-state index in [9.17, 15) is 4.79 Å². The van der Waals surface area contributed by atoms with Gasteiger partial charge in [-0.15, -0.1) is 0 Å². The van der Waals surface area contributed by atoms with Crippen LogP contribution >= 0.6 is 11.6 Å². The second-order valence-corrected chi connectivity index (χ2v) is 7.41. The van der Waals surface area contributed by atoms with Crippen LogP contribution in [-0.2, 0) is 4.74 Å². The molecule has 0 radical (unpaired) electrons. The van der Waals surface area contributed by atoms with E-state index in [0.717, 1.165) is 24.4 Å². The molecule has 0 aromatic heterocycles. The Morgan fingerprint density at radius 1 is 1.35 bits per heavy atom. The Bertz CT molecular complexity index is 600. The van der Waals surface area contributed by atoms with Gasteiger partial charge in [-0.05, 0) is 32.9 Å².